The Morgan fingerprint density at radius 2 is 1.00 bits per heavy atom. The molecule has 0 atom stereocenters. The highest BCUT2D eigenvalue weighted by molar-refractivity contribution is 5.97. The number of unbranched alkanes of at least 4 members (excludes halogenated alkanes) is 11. The molecule has 0 aliphatic heterocycles. The van der Waals surface area contributed by atoms with Crippen molar-refractivity contribution in [3.63, 3.8) is 0 Å². The number of hydrogen-bond acceptors (Lipinski definition) is 7. The van der Waals surface area contributed by atoms with Crippen molar-refractivity contribution < 1.29 is 24.6 Å². The standard InChI is InChI=1S/C31H48N4O5/c1-2-3-4-5-6-7-8-9-10-11-12-13-22-38-29(23-39-27-18-14-25(15-19-27)30(32)34-36)24-40-28-20-16-26(17-21-28)31(33)35-37/h14-21,29,36-37H,2-13,22-24H2,1H3,(H2,32,34)(H2,33,35). The van der Waals surface area contributed by atoms with Crippen molar-refractivity contribution in [1.29, 1.82) is 0 Å². The maximum absolute atomic E-state index is 8.84. The summed E-state index contributed by atoms with van der Waals surface area (Å²) in [6.45, 7) is 3.52. The molecule has 2 aromatic rings. The van der Waals surface area contributed by atoms with E-state index in [1.807, 2.05) is 0 Å². The Morgan fingerprint density at radius 1 is 0.625 bits per heavy atom. The van der Waals surface area contributed by atoms with Gasteiger partial charge in [0.2, 0.25) is 0 Å². The molecule has 0 aliphatic carbocycles. The van der Waals surface area contributed by atoms with Gasteiger partial charge in [0, 0.05) is 17.7 Å². The summed E-state index contributed by atoms with van der Waals surface area (Å²) in [5, 5.41) is 23.7. The number of oxime groups is 2. The maximum atomic E-state index is 8.84. The smallest absolute Gasteiger partial charge is 0.170 e. The van der Waals surface area contributed by atoms with Gasteiger partial charge in [-0.1, -0.05) is 87.9 Å². The molecule has 9 heteroatoms. The molecule has 0 fully saturated rings. The molecule has 0 aliphatic rings. The van der Waals surface area contributed by atoms with Gasteiger partial charge in [-0.05, 0) is 55.0 Å². The van der Waals surface area contributed by atoms with Crippen LogP contribution in [0.5, 0.6) is 11.5 Å². The lowest BCUT2D eigenvalue weighted by Crippen LogP contribution is -2.29. The first-order chi connectivity index (χ1) is 19.6. The van der Waals surface area contributed by atoms with Crippen LogP contribution in [0.2, 0.25) is 0 Å². The first kappa shape index (κ1) is 32.8. The minimum Gasteiger partial charge on any atom is -0.491 e. The van der Waals surface area contributed by atoms with Gasteiger partial charge in [-0.25, -0.2) is 0 Å². The summed E-state index contributed by atoms with van der Waals surface area (Å²) in [5.74, 6) is 1.39. The normalized spacial score (nSPS) is 12.2. The van der Waals surface area contributed by atoms with Gasteiger partial charge >= 0.3 is 0 Å². The highest BCUT2D eigenvalue weighted by atomic mass is 16.6. The summed E-state index contributed by atoms with van der Waals surface area (Å²) >= 11 is 0. The fraction of sp³-hybridized carbons (Fsp3) is 0.548. The zero-order valence-electron chi connectivity index (χ0n) is 24.0. The fourth-order valence-corrected chi connectivity index (χ4v) is 4.28. The zero-order chi connectivity index (χ0) is 28.8. The molecule has 0 saturated heterocycles. The zero-order valence-corrected chi connectivity index (χ0v) is 24.0. The number of benzene rings is 2. The van der Waals surface area contributed by atoms with E-state index in [0.29, 0.717) is 42.4 Å². The third-order valence-electron chi connectivity index (χ3n) is 6.74. The Bertz CT molecular complexity index is 915. The molecular formula is C31H48N4O5. The summed E-state index contributed by atoms with van der Waals surface area (Å²) in [4.78, 5) is 0. The van der Waals surface area contributed by atoms with Crippen LogP contribution < -0.4 is 20.9 Å². The van der Waals surface area contributed by atoms with Crippen molar-refractivity contribution >= 4 is 11.7 Å². The van der Waals surface area contributed by atoms with E-state index in [1.165, 1.54) is 64.2 Å². The lowest BCUT2D eigenvalue weighted by Gasteiger charge is -2.19. The molecule has 40 heavy (non-hydrogen) atoms. The summed E-state index contributed by atoms with van der Waals surface area (Å²) in [7, 11) is 0. The lowest BCUT2D eigenvalue weighted by atomic mass is 10.1. The molecule has 0 bridgehead atoms. The Labute approximate surface area is 239 Å². The number of nitrogens with two attached hydrogens (primary N) is 2. The van der Waals surface area contributed by atoms with Gasteiger partial charge < -0.3 is 36.1 Å². The van der Waals surface area contributed by atoms with Crippen LogP contribution in [0.15, 0.2) is 58.8 Å². The van der Waals surface area contributed by atoms with Crippen molar-refractivity contribution in [2.75, 3.05) is 19.8 Å². The number of hydrogen-bond donors (Lipinski definition) is 4. The van der Waals surface area contributed by atoms with E-state index in [4.69, 9.17) is 36.1 Å². The van der Waals surface area contributed by atoms with E-state index in [9.17, 15) is 0 Å². The van der Waals surface area contributed by atoms with Crippen molar-refractivity contribution in [2.45, 2.75) is 90.1 Å². The summed E-state index contributed by atoms with van der Waals surface area (Å²) in [5.41, 5.74) is 12.5. The molecule has 2 rings (SSSR count). The predicted molar refractivity (Wildman–Crippen MR) is 160 cm³/mol. The van der Waals surface area contributed by atoms with Crippen LogP contribution in [0.3, 0.4) is 0 Å². The second-order valence-electron chi connectivity index (χ2n) is 10.0. The quantitative estimate of drug-likeness (QED) is 0.0430. The average Bonchev–Trinajstić information content (AvgIpc) is 3.00. The van der Waals surface area contributed by atoms with Gasteiger partial charge in [-0.2, -0.15) is 0 Å². The number of nitrogens with zero attached hydrogens (tertiary/aromatic N) is 2. The van der Waals surface area contributed by atoms with Gasteiger partial charge in [-0.3, -0.25) is 0 Å². The Hall–Kier alpha value is -3.46. The molecule has 0 heterocycles. The van der Waals surface area contributed by atoms with E-state index < -0.39 is 0 Å². The summed E-state index contributed by atoms with van der Waals surface area (Å²) in [6, 6.07) is 14.0. The molecular weight excluding hydrogens is 508 g/mol. The molecule has 2 aromatic carbocycles. The second kappa shape index (κ2) is 20.4. The van der Waals surface area contributed by atoms with E-state index in [-0.39, 0.29) is 17.8 Å². The van der Waals surface area contributed by atoms with Gasteiger partial charge in [0.05, 0.1) is 0 Å². The molecule has 0 spiro atoms. The Kier molecular flexibility index (Phi) is 16.7. The summed E-state index contributed by atoms with van der Waals surface area (Å²) in [6.07, 6.45) is 15.2. The first-order valence-electron chi connectivity index (χ1n) is 14.6. The number of ether oxygens (including phenoxy) is 3. The van der Waals surface area contributed by atoms with Crippen LogP contribution in [0, 0.1) is 0 Å². The second-order valence-corrected chi connectivity index (χ2v) is 10.0. The van der Waals surface area contributed by atoms with Gasteiger partial charge in [0.25, 0.3) is 0 Å². The van der Waals surface area contributed by atoms with Crippen molar-refractivity contribution in [3.8, 4) is 11.5 Å². The third-order valence-corrected chi connectivity index (χ3v) is 6.74. The topological polar surface area (TPSA) is 145 Å². The van der Waals surface area contributed by atoms with E-state index >= 15 is 0 Å². The molecule has 222 valence electrons. The molecule has 6 N–H and O–H groups in total. The van der Waals surface area contributed by atoms with Gasteiger partial charge in [0.1, 0.15) is 30.8 Å². The van der Waals surface area contributed by atoms with Crippen LogP contribution in [0.25, 0.3) is 0 Å². The SMILES string of the molecule is CCCCCCCCCCCCCCOC(COc1ccc(/C(N)=N/O)cc1)COc1ccc(/C(N)=N/O)cc1. The molecule has 0 saturated carbocycles. The molecule has 0 unspecified atom stereocenters. The monoisotopic (exact) mass is 556 g/mol. The number of rotatable bonds is 22. The number of amidine groups is 2. The van der Waals surface area contributed by atoms with Crippen LogP contribution in [0.4, 0.5) is 0 Å². The molecule has 0 amide bonds. The Morgan fingerprint density at radius 3 is 1.38 bits per heavy atom. The molecule has 9 nitrogen and oxygen atoms in total. The van der Waals surface area contributed by atoms with Gasteiger partial charge in [0.15, 0.2) is 11.7 Å². The third kappa shape index (κ3) is 13.6. The van der Waals surface area contributed by atoms with E-state index in [2.05, 4.69) is 17.2 Å². The highest BCUT2D eigenvalue weighted by Crippen LogP contribution is 2.16. The van der Waals surface area contributed by atoms with Crippen LogP contribution in [0.1, 0.15) is 95.1 Å². The predicted octanol–water partition coefficient (Wildman–Crippen LogP) is 6.42. The molecule has 0 aromatic heterocycles. The van der Waals surface area contributed by atoms with Crippen molar-refractivity contribution in [3.05, 3.63) is 59.7 Å². The molecule has 0 radical (unpaired) electrons. The van der Waals surface area contributed by atoms with E-state index in [0.717, 1.165) is 12.8 Å². The van der Waals surface area contributed by atoms with E-state index in [1.54, 1.807) is 48.5 Å². The Balaban J connectivity index is 1.75. The van der Waals surface area contributed by atoms with Gasteiger partial charge in [-0.15, -0.1) is 0 Å². The maximum Gasteiger partial charge on any atom is 0.170 e. The highest BCUT2D eigenvalue weighted by Gasteiger charge is 2.13. The van der Waals surface area contributed by atoms with Crippen LogP contribution in [-0.2, 0) is 4.74 Å². The largest absolute Gasteiger partial charge is 0.491 e. The first-order valence-corrected chi connectivity index (χ1v) is 14.6. The van der Waals surface area contributed by atoms with Crippen molar-refractivity contribution in [2.24, 2.45) is 21.8 Å². The van der Waals surface area contributed by atoms with Crippen LogP contribution in [-0.4, -0.2) is 48.0 Å². The van der Waals surface area contributed by atoms with Crippen LogP contribution >= 0.6 is 0 Å². The minimum absolute atomic E-state index is 0.0432. The fourth-order valence-electron chi connectivity index (χ4n) is 4.28. The lowest BCUT2D eigenvalue weighted by molar-refractivity contribution is -0.00880. The minimum atomic E-state index is -0.278. The summed E-state index contributed by atoms with van der Waals surface area (Å²) < 4.78 is 18.0. The average molecular weight is 557 g/mol. The van der Waals surface area contributed by atoms with Crippen molar-refractivity contribution in [1.82, 2.24) is 0 Å².